The number of likely N-dealkylation sites (N-methyl/N-ethyl adjacent to an activating group) is 1. The lowest BCUT2D eigenvalue weighted by molar-refractivity contribution is -0.149. The minimum absolute atomic E-state index is 0.179. The molecule has 116 valence electrons. The first-order valence-electron chi connectivity index (χ1n) is 6.77. The summed E-state index contributed by atoms with van der Waals surface area (Å²) in [6.45, 7) is 2.04. The zero-order chi connectivity index (χ0) is 15.8. The highest BCUT2D eigenvalue weighted by Crippen LogP contribution is 2.06. The smallest absolute Gasteiger partial charge is 0.326 e. The highest BCUT2D eigenvalue weighted by Gasteiger charge is 2.24. The molecule has 0 saturated carbocycles. The van der Waals surface area contributed by atoms with Crippen molar-refractivity contribution in [2.24, 2.45) is 0 Å². The molecule has 0 aliphatic heterocycles. The monoisotopic (exact) mass is 296 g/mol. The van der Waals surface area contributed by atoms with Crippen LogP contribution in [0.5, 0.6) is 0 Å². The van der Waals surface area contributed by atoms with Crippen LogP contribution in [0.15, 0.2) is 22.8 Å². The van der Waals surface area contributed by atoms with E-state index in [2.05, 4.69) is 5.32 Å². The maximum atomic E-state index is 11.9. The van der Waals surface area contributed by atoms with Crippen LogP contribution in [0, 0.1) is 0 Å². The van der Waals surface area contributed by atoms with E-state index in [9.17, 15) is 14.4 Å². The Labute approximate surface area is 122 Å². The van der Waals surface area contributed by atoms with Gasteiger partial charge in [-0.05, 0) is 25.0 Å². The predicted molar refractivity (Wildman–Crippen MR) is 74.8 cm³/mol. The molecule has 1 atom stereocenters. The van der Waals surface area contributed by atoms with Crippen LogP contribution in [-0.4, -0.2) is 47.4 Å². The van der Waals surface area contributed by atoms with E-state index >= 15 is 0 Å². The largest absolute Gasteiger partial charge is 0.480 e. The summed E-state index contributed by atoms with van der Waals surface area (Å²) in [7, 11) is 1.48. The molecule has 0 aliphatic carbocycles. The molecule has 1 aromatic rings. The summed E-state index contributed by atoms with van der Waals surface area (Å²) in [5.41, 5.74) is 0. The number of nitrogens with one attached hydrogen (secondary N) is 1. The maximum absolute atomic E-state index is 11.9. The quantitative estimate of drug-likeness (QED) is 0.700. The lowest BCUT2D eigenvalue weighted by Crippen LogP contribution is -2.42. The number of amides is 2. The van der Waals surface area contributed by atoms with Gasteiger partial charge in [0.25, 0.3) is 5.91 Å². The number of rotatable bonds is 8. The molecule has 2 amide bonds. The van der Waals surface area contributed by atoms with Crippen LogP contribution < -0.4 is 5.32 Å². The van der Waals surface area contributed by atoms with E-state index < -0.39 is 12.0 Å². The lowest BCUT2D eigenvalue weighted by Gasteiger charge is -2.23. The van der Waals surface area contributed by atoms with Gasteiger partial charge in [-0.1, -0.05) is 6.92 Å². The SMILES string of the molecule is CCC(C(=O)O)N(C)C(=O)CCCNC(=O)c1ccco1. The van der Waals surface area contributed by atoms with Gasteiger partial charge in [0.15, 0.2) is 5.76 Å². The molecule has 1 rings (SSSR count). The Kier molecular flexibility index (Phi) is 6.45. The lowest BCUT2D eigenvalue weighted by atomic mass is 10.2. The predicted octanol–water partition coefficient (Wildman–Crippen LogP) is 1.11. The van der Waals surface area contributed by atoms with Gasteiger partial charge >= 0.3 is 5.97 Å². The fourth-order valence-electron chi connectivity index (χ4n) is 1.90. The first kappa shape index (κ1) is 16.7. The molecule has 0 aromatic carbocycles. The number of furan rings is 1. The standard InChI is InChI=1S/C14H20N2O5/c1-3-10(14(19)20)16(2)12(17)7-4-8-15-13(18)11-6-5-9-21-11/h5-6,9-10H,3-4,7-8H2,1-2H3,(H,15,18)(H,19,20). The van der Waals surface area contributed by atoms with E-state index in [1.807, 2.05) is 0 Å². The normalized spacial score (nSPS) is 11.7. The number of carboxylic acid groups (broad SMARTS) is 1. The molecule has 0 radical (unpaired) electrons. The Morgan fingerprint density at radius 1 is 1.43 bits per heavy atom. The first-order chi connectivity index (χ1) is 9.97. The fraction of sp³-hybridized carbons (Fsp3) is 0.500. The third kappa shape index (κ3) is 4.94. The van der Waals surface area contributed by atoms with Gasteiger partial charge in [0.1, 0.15) is 6.04 Å². The minimum atomic E-state index is -1.01. The molecular formula is C14H20N2O5. The number of carbonyl (C=O) groups excluding carboxylic acids is 2. The third-order valence-corrected chi connectivity index (χ3v) is 3.13. The van der Waals surface area contributed by atoms with Crippen molar-refractivity contribution in [3.63, 3.8) is 0 Å². The van der Waals surface area contributed by atoms with Gasteiger partial charge in [-0.25, -0.2) is 4.79 Å². The summed E-state index contributed by atoms with van der Waals surface area (Å²) >= 11 is 0. The number of carboxylic acids is 1. The highest BCUT2D eigenvalue weighted by atomic mass is 16.4. The molecule has 2 N–H and O–H groups in total. The molecule has 21 heavy (non-hydrogen) atoms. The number of nitrogens with zero attached hydrogens (tertiary/aromatic N) is 1. The molecule has 1 heterocycles. The topological polar surface area (TPSA) is 99.9 Å². The first-order valence-corrected chi connectivity index (χ1v) is 6.77. The van der Waals surface area contributed by atoms with Crippen molar-refractivity contribution in [3.05, 3.63) is 24.2 Å². The molecule has 7 heteroatoms. The van der Waals surface area contributed by atoms with Gasteiger partial charge in [0.05, 0.1) is 6.26 Å². The highest BCUT2D eigenvalue weighted by molar-refractivity contribution is 5.91. The van der Waals surface area contributed by atoms with Crippen molar-refractivity contribution in [3.8, 4) is 0 Å². The maximum Gasteiger partial charge on any atom is 0.326 e. The van der Waals surface area contributed by atoms with Crippen LogP contribution in [0.3, 0.4) is 0 Å². The van der Waals surface area contributed by atoms with E-state index in [0.29, 0.717) is 19.4 Å². The van der Waals surface area contributed by atoms with Crippen molar-refractivity contribution in [1.82, 2.24) is 10.2 Å². The van der Waals surface area contributed by atoms with Gasteiger partial charge in [0, 0.05) is 20.0 Å². The Morgan fingerprint density at radius 3 is 2.67 bits per heavy atom. The Bertz CT molecular complexity index is 484. The molecule has 1 unspecified atom stereocenters. The summed E-state index contributed by atoms with van der Waals surface area (Å²) in [6, 6.07) is 2.35. The zero-order valence-electron chi connectivity index (χ0n) is 12.2. The van der Waals surface area contributed by atoms with Crippen molar-refractivity contribution in [2.45, 2.75) is 32.2 Å². The van der Waals surface area contributed by atoms with Crippen LogP contribution >= 0.6 is 0 Å². The fourth-order valence-corrected chi connectivity index (χ4v) is 1.90. The number of aliphatic carboxylic acids is 1. The zero-order valence-corrected chi connectivity index (χ0v) is 12.2. The molecule has 0 saturated heterocycles. The molecular weight excluding hydrogens is 276 g/mol. The summed E-state index contributed by atoms with van der Waals surface area (Å²) in [5, 5.41) is 11.6. The summed E-state index contributed by atoms with van der Waals surface area (Å²) < 4.78 is 4.93. The molecule has 0 bridgehead atoms. The van der Waals surface area contributed by atoms with E-state index in [1.165, 1.54) is 18.2 Å². The second-order valence-corrected chi connectivity index (χ2v) is 4.60. The minimum Gasteiger partial charge on any atom is -0.480 e. The average Bonchev–Trinajstić information content (AvgIpc) is 2.97. The van der Waals surface area contributed by atoms with Crippen molar-refractivity contribution in [1.29, 1.82) is 0 Å². The molecule has 0 aliphatic rings. The Balaban J connectivity index is 2.30. The molecule has 7 nitrogen and oxygen atoms in total. The molecule has 0 spiro atoms. The molecule has 1 aromatic heterocycles. The second kappa shape index (κ2) is 8.08. The average molecular weight is 296 g/mol. The van der Waals surface area contributed by atoms with Gasteiger partial charge in [-0.2, -0.15) is 0 Å². The van der Waals surface area contributed by atoms with Crippen molar-refractivity contribution < 1.29 is 23.9 Å². The number of hydrogen-bond donors (Lipinski definition) is 2. The van der Waals surface area contributed by atoms with Gasteiger partial charge in [-0.15, -0.1) is 0 Å². The number of hydrogen-bond acceptors (Lipinski definition) is 4. The molecule has 0 fully saturated rings. The summed E-state index contributed by atoms with van der Waals surface area (Å²) in [5.74, 6) is -1.39. The Hall–Kier alpha value is -2.31. The van der Waals surface area contributed by atoms with Crippen LogP contribution in [0.4, 0.5) is 0 Å². The third-order valence-electron chi connectivity index (χ3n) is 3.13. The number of carbonyl (C=O) groups is 3. The van der Waals surface area contributed by atoms with E-state index in [4.69, 9.17) is 9.52 Å². The van der Waals surface area contributed by atoms with Gasteiger partial charge in [0.2, 0.25) is 5.91 Å². The van der Waals surface area contributed by atoms with Crippen LogP contribution in [0.2, 0.25) is 0 Å². The Morgan fingerprint density at radius 2 is 2.14 bits per heavy atom. The van der Waals surface area contributed by atoms with Crippen LogP contribution in [0.1, 0.15) is 36.7 Å². The van der Waals surface area contributed by atoms with Crippen LogP contribution in [0.25, 0.3) is 0 Å². The van der Waals surface area contributed by atoms with Gasteiger partial charge < -0.3 is 19.7 Å². The van der Waals surface area contributed by atoms with E-state index in [1.54, 1.807) is 19.1 Å². The summed E-state index contributed by atoms with van der Waals surface area (Å²) in [4.78, 5) is 35.6. The van der Waals surface area contributed by atoms with Gasteiger partial charge in [-0.3, -0.25) is 9.59 Å². The van der Waals surface area contributed by atoms with Crippen molar-refractivity contribution in [2.75, 3.05) is 13.6 Å². The van der Waals surface area contributed by atoms with Crippen molar-refractivity contribution >= 4 is 17.8 Å². The van der Waals surface area contributed by atoms with Crippen LogP contribution in [-0.2, 0) is 9.59 Å². The second-order valence-electron chi connectivity index (χ2n) is 4.60. The van der Waals surface area contributed by atoms with E-state index in [0.717, 1.165) is 0 Å². The van der Waals surface area contributed by atoms with E-state index in [-0.39, 0.29) is 24.0 Å². The summed E-state index contributed by atoms with van der Waals surface area (Å²) in [6.07, 6.45) is 2.38.